The Morgan fingerprint density at radius 1 is 1.47 bits per heavy atom. The molecular weight excluding hydrogens is 186 g/mol. The van der Waals surface area contributed by atoms with Crippen molar-refractivity contribution in [2.45, 2.75) is 32.3 Å². The van der Waals surface area contributed by atoms with Gasteiger partial charge in [-0.05, 0) is 37.6 Å². The van der Waals surface area contributed by atoms with E-state index in [1.54, 1.807) is 0 Å². The summed E-state index contributed by atoms with van der Waals surface area (Å²) in [6, 6.07) is 8.40. The van der Waals surface area contributed by atoms with Gasteiger partial charge in [-0.2, -0.15) is 0 Å². The van der Waals surface area contributed by atoms with Crippen molar-refractivity contribution in [3.63, 3.8) is 0 Å². The molecular formula is C13H19NO. The lowest BCUT2D eigenvalue weighted by molar-refractivity contribution is 0.111. The van der Waals surface area contributed by atoms with E-state index >= 15 is 0 Å². The summed E-state index contributed by atoms with van der Waals surface area (Å²) in [4.78, 5) is 0. The van der Waals surface area contributed by atoms with Crippen LogP contribution in [0.4, 0.5) is 0 Å². The van der Waals surface area contributed by atoms with Crippen molar-refractivity contribution in [2.24, 2.45) is 0 Å². The molecule has 0 aliphatic carbocycles. The third-order valence-corrected chi connectivity index (χ3v) is 3.00. The second-order valence-corrected chi connectivity index (χ2v) is 4.48. The number of benzene rings is 1. The largest absolute Gasteiger partial charge is 0.486 e. The molecule has 0 spiro atoms. The SMILES string of the molecule is CCc1cccc(OC2(C)CCNC2)c1. The Balaban J connectivity index is 2.09. The fourth-order valence-corrected chi connectivity index (χ4v) is 1.99. The topological polar surface area (TPSA) is 21.3 Å². The lowest BCUT2D eigenvalue weighted by Crippen LogP contribution is -2.34. The fourth-order valence-electron chi connectivity index (χ4n) is 1.99. The number of nitrogens with one attached hydrogen (secondary N) is 1. The predicted octanol–water partition coefficient (Wildman–Crippen LogP) is 2.38. The minimum atomic E-state index is -0.0215. The zero-order valence-electron chi connectivity index (χ0n) is 9.55. The molecule has 1 aromatic carbocycles. The highest BCUT2D eigenvalue weighted by Gasteiger charge is 2.30. The summed E-state index contributed by atoms with van der Waals surface area (Å²) in [5.41, 5.74) is 1.31. The van der Waals surface area contributed by atoms with Gasteiger partial charge in [0.2, 0.25) is 0 Å². The number of rotatable bonds is 3. The van der Waals surface area contributed by atoms with E-state index in [0.717, 1.165) is 31.7 Å². The van der Waals surface area contributed by atoms with Gasteiger partial charge in [-0.1, -0.05) is 19.1 Å². The normalized spacial score (nSPS) is 25.5. The first-order valence-electron chi connectivity index (χ1n) is 5.70. The van der Waals surface area contributed by atoms with Crippen LogP contribution in [0.15, 0.2) is 24.3 Å². The van der Waals surface area contributed by atoms with Gasteiger partial charge < -0.3 is 10.1 Å². The molecule has 82 valence electrons. The first-order chi connectivity index (χ1) is 7.22. The minimum absolute atomic E-state index is 0.0215. The first-order valence-corrected chi connectivity index (χ1v) is 5.70. The van der Waals surface area contributed by atoms with Gasteiger partial charge in [-0.3, -0.25) is 0 Å². The molecule has 1 atom stereocenters. The highest BCUT2D eigenvalue weighted by Crippen LogP contribution is 2.24. The van der Waals surface area contributed by atoms with Gasteiger partial charge in [0.15, 0.2) is 0 Å². The van der Waals surface area contributed by atoms with Crippen LogP contribution in [0.3, 0.4) is 0 Å². The van der Waals surface area contributed by atoms with Crippen molar-refractivity contribution < 1.29 is 4.74 Å². The molecule has 0 bridgehead atoms. The van der Waals surface area contributed by atoms with Crippen molar-refractivity contribution in [3.8, 4) is 5.75 Å². The van der Waals surface area contributed by atoms with E-state index < -0.39 is 0 Å². The van der Waals surface area contributed by atoms with Gasteiger partial charge in [0.1, 0.15) is 11.4 Å². The van der Waals surface area contributed by atoms with Gasteiger partial charge in [0.25, 0.3) is 0 Å². The maximum absolute atomic E-state index is 6.04. The Hall–Kier alpha value is -1.02. The molecule has 1 aliphatic heterocycles. The molecule has 1 unspecified atom stereocenters. The second kappa shape index (κ2) is 4.23. The van der Waals surface area contributed by atoms with Crippen LogP contribution < -0.4 is 10.1 Å². The zero-order chi connectivity index (χ0) is 10.7. The zero-order valence-corrected chi connectivity index (χ0v) is 9.55. The van der Waals surface area contributed by atoms with Crippen molar-refractivity contribution >= 4 is 0 Å². The second-order valence-electron chi connectivity index (χ2n) is 4.48. The Kier molecular flexibility index (Phi) is 2.96. The smallest absolute Gasteiger partial charge is 0.120 e. The molecule has 1 heterocycles. The molecule has 0 saturated carbocycles. The molecule has 1 aromatic rings. The van der Waals surface area contributed by atoms with Crippen LogP contribution in [0.1, 0.15) is 25.8 Å². The van der Waals surface area contributed by atoms with E-state index in [-0.39, 0.29) is 5.60 Å². The van der Waals surface area contributed by atoms with Crippen LogP contribution in [-0.4, -0.2) is 18.7 Å². The lowest BCUT2D eigenvalue weighted by atomic mass is 10.1. The summed E-state index contributed by atoms with van der Waals surface area (Å²) in [5.74, 6) is 1.00. The molecule has 0 aromatic heterocycles. The quantitative estimate of drug-likeness (QED) is 0.818. The number of hydrogen-bond acceptors (Lipinski definition) is 2. The maximum atomic E-state index is 6.04. The summed E-state index contributed by atoms with van der Waals surface area (Å²) >= 11 is 0. The van der Waals surface area contributed by atoms with Crippen LogP contribution in [0.25, 0.3) is 0 Å². The van der Waals surface area contributed by atoms with Crippen LogP contribution in [0.5, 0.6) is 5.75 Å². The Morgan fingerprint density at radius 2 is 2.33 bits per heavy atom. The molecule has 2 heteroatoms. The molecule has 1 N–H and O–H groups in total. The van der Waals surface area contributed by atoms with E-state index in [4.69, 9.17) is 4.74 Å². The molecule has 2 rings (SSSR count). The van der Waals surface area contributed by atoms with Crippen LogP contribution in [0.2, 0.25) is 0 Å². The van der Waals surface area contributed by atoms with E-state index in [0.29, 0.717) is 0 Å². The predicted molar refractivity (Wildman–Crippen MR) is 62.3 cm³/mol. The summed E-state index contributed by atoms with van der Waals surface area (Å²) in [6.07, 6.45) is 2.15. The summed E-state index contributed by atoms with van der Waals surface area (Å²) in [6.45, 7) is 6.34. The molecule has 15 heavy (non-hydrogen) atoms. The fraction of sp³-hybridized carbons (Fsp3) is 0.538. The van der Waals surface area contributed by atoms with Gasteiger partial charge >= 0.3 is 0 Å². The maximum Gasteiger partial charge on any atom is 0.120 e. The van der Waals surface area contributed by atoms with Crippen LogP contribution >= 0.6 is 0 Å². The van der Waals surface area contributed by atoms with E-state index in [1.807, 2.05) is 6.07 Å². The van der Waals surface area contributed by atoms with Gasteiger partial charge in [-0.15, -0.1) is 0 Å². The Morgan fingerprint density at radius 3 is 3.00 bits per heavy atom. The van der Waals surface area contributed by atoms with E-state index in [1.165, 1.54) is 5.56 Å². The first kappa shape index (κ1) is 10.5. The molecule has 1 saturated heterocycles. The van der Waals surface area contributed by atoms with Crippen molar-refractivity contribution in [1.29, 1.82) is 0 Å². The van der Waals surface area contributed by atoms with Gasteiger partial charge in [0.05, 0.1) is 0 Å². The summed E-state index contributed by atoms with van der Waals surface area (Å²) < 4.78 is 6.04. The molecule has 1 aliphatic rings. The monoisotopic (exact) mass is 205 g/mol. The number of aryl methyl sites for hydroxylation is 1. The number of hydrogen-bond donors (Lipinski definition) is 1. The minimum Gasteiger partial charge on any atom is -0.486 e. The standard InChI is InChI=1S/C13H19NO/c1-3-11-5-4-6-12(9-11)15-13(2)7-8-14-10-13/h4-6,9,14H,3,7-8,10H2,1-2H3. The third-order valence-electron chi connectivity index (χ3n) is 3.00. The summed E-state index contributed by atoms with van der Waals surface area (Å²) in [7, 11) is 0. The molecule has 0 amide bonds. The van der Waals surface area contributed by atoms with Crippen molar-refractivity contribution in [2.75, 3.05) is 13.1 Å². The van der Waals surface area contributed by atoms with Gasteiger partial charge in [0, 0.05) is 13.0 Å². The average molecular weight is 205 g/mol. The van der Waals surface area contributed by atoms with Crippen LogP contribution in [-0.2, 0) is 6.42 Å². The van der Waals surface area contributed by atoms with Crippen molar-refractivity contribution in [3.05, 3.63) is 29.8 Å². The van der Waals surface area contributed by atoms with Gasteiger partial charge in [-0.25, -0.2) is 0 Å². The lowest BCUT2D eigenvalue weighted by Gasteiger charge is -2.25. The number of ether oxygens (including phenoxy) is 1. The molecule has 2 nitrogen and oxygen atoms in total. The highest BCUT2D eigenvalue weighted by atomic mass is 16.5. The Labute approximate surface area is 91.6 Å². The van der Waals surface area contributed by atoms with Crippen LogP contribution in [0, 0.1) is 0 Å². The van der Waals surface area contributed by atoms with E-state index in [9.17, 15) is 0 Å². The third kappa shape index (κ3) is 2.51. The highest BCUT2D eigenvalue weighted by molar-refractivity contribution is 5.29. The Bertz CT molecular complexity index is 329. The summed E-state index contributed by atoms with van der Waals surface area (Å²) in [5, 5.41) is 3.34. The molecule has 0 radical (unpaired) electrons. The molecule has 1 fully saturated rings. The average Bonchev–Trinajstić information content (AvgIpc) is 2.65. The van der Waals surface area contributed by atoms with E-state index in [2.05, 4.69) is 37.4 Å². The van der Waals surface area contributed by atoms with Crippen molar-refractivity contribution in [1.82, 2.24) is 5.32 Å².